The number of H-pyrrole nitrogens is 1. The Balaban J connectivity index is 1.80. The van der Waals surface area contributed by atoms with Crippen molar-refractivity contribution >= 4 is 17.1 Å². The molecule has 0 unspecified atom stereocenters. The smallest absolute Gasteiger partial charge is 0.329 e. The topological polar surface area (TPSA) is 80.4 Å². The molecule has 3 heterocycles. The van der Waals surface area contributed by atoms with Crippen molar-refractivity contribution < 1.29 is 4.90 Å². The zero-order valence-electron chi connectivity index (χ0n) is 15.7. The van der Waals surface area contributed by atoms with Gasteiger partial charge in [-0.25, -0.2) is 4.79 Å². The highest BCUT2D eigenvalue weighted by Crippen LogP contribution is 2.20. The summed E-state index contributed by atoms with van der Waals surface area (Å²) in [5, 5.41) is 0. The van der Waals surface area contributed by atoms with Crippen molar-refractivity contribution in [3.05, 3.63) is 56.7 Å². The summed E-state index contributed by atoms with van der Waals surface area (Å²) in [5.74, 6) is 0.778. The number of hydrogen-bond donors (Lipinski definition) is 2. The summed E-state index contributed by atoms with van der Waals surface area (Å²) in [6.07, 6.45) is 0.792. The highest BCUT2D eigenvalue weighted by atomic mass is 16.2. The Kier molecular flexibility index (Phi) is 4.57. The Morgan fingerprint density at radius 2 is 1.85 bits per heavy atom. The minimum absolute atomic E-state index is 0.375. The Morgan fingerprint density at radius 3 is 2.56 bits per heavy atom. The van der Waals surface area contributed by atoms with Crippen molar-refractivity contribution in [2.75, 3.05) is 38.1 Å². The minimum atomic E-state index is -0.436. The fourth-order valence-corrected chi connectivity index (χ4v) is 3.65. The first-order chi connectivity index (χ1) is 13.0. The number of likely N-dealkylation sites (N-methyl/N-ethyl adjacent to an activating group) is 1. The van der Waals surface area contributed by atoms with E-state index in [-0.39, 0.29) is 5.56 Å². The average molecular weight is 369 g/mol. The number of imidazole rings is 1. The van der Waals surface area contributed by atoms with Crippen LogP contribution >= 0.6 is 0 Å². The lowest BCUT2D eigenvalue weighted by molar-refractivity contribution is -0.880. The van der Waals surface area contributed by atoms with Crippen LogP contribution in [0, 0.1) is 0 Å². The molecule has 3 aromatic rings. The van der Waals surface area contributed by atoms with Gasteiger partial charge in [-0.1, -0.05) is 30.3 Å². The standard InChI is InChI=1S/C19H24N6O2/c1-22-10-12-24(13-11-22)18-20-16-15(17(26)21-19(27)23(16)2)25(18)9-8-14-6-4-3-5-7-14/h3-7H,8-13H2,1-2H3,(H,21,26,27)/p+1. The Bertz CT molecular complexity index is 1060. The second-order valence-corrected chi connectivity index (χ2v) is 7.23. The zero-order valence-corrected chi connectivity index (χ0v) is 15.7. The molecule has 0 aliphatic carbocycles. The molecule has 27 heavy (non-hydrogen) atoms. The second kappa shape index (κ2) is 7.03. The highest BCUT2D eigenvalue weighted by molar-refractivity contribution is 5.74. The molecule has 1 aromatic carbocycles. The third-order valence-corrected chi connectivity index (χ3v) is 5.35. The number of aromatic amines is 1. The molecule has 4 rings (SSSR count). The molecule has 1 fully saturated rings. The number of anilines is 1. The summed E-state index contributed by atoms with van der Waals surface area (Å²) in [6.45, 7) is 4.45. The fourth-order valence-electron chi connectivity index (χ4n) is 3.65. The number of nitrogens with one attached hydrogen (secondary N) is 2. The monoisotopic (exact) mass is 369 g/mol. The SMILES string of the molecule is Cn1c(=O)[nH]c(=O)c2c1nc(N1CC[NH+](C)CC1)n2CCc1ccccc1. The van der Waals surface area contributed by atoms with Crippen molar-refractivity contribution in [2.45, 2.75) is 13.0 Å². The molecule has 8 nitrogen and oxygen atoms in total. The molecule has 0 saturated carbocycles. The summed E-state index contributed by atoms with van der Waals surface area (Å²) in [6, 6.07) is 10.2. The van der Waals surface area contributed by atoms with E-state index in [0.717, 1.165) is 38.5 Å². The first kappa shape index (κ1) is 17.5. The normalized spacial score (nSPS) is 15.6. The molecule has 2 aromatic heterocycles. The van der Waals surface area contributed by atoms with E-state index in [1.807, 2.05) is 22.8 Å². The van der Waals surface area contributed by atoms with Gasteiger partial charge in [-0.2, -0.15) is 4.98 Å². The Labute approximate surface area is 156 Å². The number of piperazine rings is 1. The lowest BCUT2D eigenvalue weighted by atomic mass is 10.1. The van der Waals surface area contributed by atoms with E-state index in [1.165, 1.54) is 15.0 Å². The van der Waals surface area contributed by atoms with Gasteiger partial charge in [0.1, 0.15) is 0 Å². The van der Waals surface area contributed by atoms with Crippen molar-refractivity contribution in [1.82, 2.24) is 19.1 Å². The number of rotatable bonds is 4. The largest absolute Gasteiger partial charge is 0.334 e. The molecule has 0 bridgehead atoms. The highest BCUT2D eigenvalue weighted by Gasteiger charge is 2.25. The van der Waals surface area contributed by atoms with Crippen LogP contribution < -0.4 is 21.0 Å². The summed E-state index contributed by atoms with van der Waals surface area (Å²) >= 11 is 0. The third kappa shape index (κ3) is 3.28. The zero-order chi connectivity index (χ0) is 19.0. The number of aromatic nitrogens is 4. The lowest BCUT2D eigenvalue weighted by Crippen LogP contribution is -3.12. The Hall–Kier alpha value is -2.87. The van der Waals surface area contributed by atoms with Gasteiger partial charge in [0.25, 0.3) is 5.56 Å². The molecule has 142 valence electrons. The van der Waals surface area contributed by atoms with Gasteiger partial charge in [0.2, 0.25) is 5.95 Å². The van der Waals surface area contributed by atoms with Gasteiger partial charge >= 0.3 is 5.69 Å². The third-order valence-electron chi connectivity index (χ3n) is 5.35. The molecule has 0 spiro atoms. The van der Waals surface area contributed by atoms with Gasteiger partial charge < -0.3 is 14.4 Å². The fraction of sp³-hybridized carbons (Fsp3) is 0.421. The minimum Gasteiger partial charge on any atom is -0.334 e. The van der Waals surface area contributed by atoms with Crippen LogP contribution in [0.2, 0.25) is 0 Å². The van der Waals surface area contributed by atoms with Gasteiger partial charge in [0.05, 0.1) is 33.2 Å². The predicted molar refractivity (Wildman–Crippen MR) is 105 cm³/mol. The quantitative estimate of drug-likeness (QED) is 0.618. The van der Waals surface area contributed by atoms with E-state index < -0.39 is 5.69 Å². The molecule has 0 atom stereocenters. The van der Waals surface area contributed by atoms with Crippen molar-refractivity contribution in [3.8, 4) is 0 Å². The van der Waals surface area contributed by atoms with Gasteiger partial charge in [-0.3, -0.25) is 14.3 Å². The number of benzene rings is 1. The van der Waals surface area contributed by atoms with Crippen LogP contribution in [0.5, 0.6) is 0 Å². The van der Waals surface area contributed by atoms with Crippen LogP contribution in [0.4, 0.5) is 5.95 Å². The van der Waals surface area contributed by atoms with Gasteiger partial charge in [-0.15, -0.1) is 0 Å². The molecule has 1 aliphatic heterocycles. The predicted octanol–water partition coefficient (Wildman–Crippen LogP) is -0.999. The molecular formula is C19H25N6O2+. The van der Waals surface area contributed by atoms with Gasteiger partial charge in [0, 0.05) is 13.6 Å². The maximum Gasteiger partial charge on any atom is 0.329 e. The van der Waals surface area contributed by atoms with E-state index in [0.29, 0.717) is 17.7 Å². The van der Waals surface area contributed by atoms with E-state index in [2.05, 4.69) is 29.1 Å². The van der Waals surface area contributed by atoms with Crippen LogP contribution in [0.1, 0.15) is 5.56 Å². The molecule has 1 aliphatic rings. The van der Waals surface area contributed by atoms with Crippen LogP contribution in [-0.2, 0) is 20.0 Å². The number of quaternary nitrogens is 1. The van der Waals surface area contributed by atoms with Crippen LogP contribution in [0.25, 0.3) is 11.2 Å². The number of nitrogens with zero attached hydrogens (tertiary/aromatic N) is 4. The van der Waals surface area contributed by atoms with Crippen molar-refractivity contribution in [2.24, 2.45) is 7.05 Å². The molecule has 8 heteroatoms. The maximum absolute atomic E-state index is 12.6. The number of fused-ring (bicyclic) bond motifs is 1. The van der Waals surface area contributed by atoms with Gasteiger partial charge in [0.15, 0.2) is 11.2 Å². The van der Waals surface area contributed by atoms with Crippen molar-refractivity contribution in [3.63, 3.8) is 0 Å². The van der Waals surface area contributed by atoms with E-state index in [9.17, 15) is 9.59 Å². The summed E-state index contributed by atoms with van der Waals surface area (Å²) in [7, 11) is 3.83. The summed E-state index contributed by atoms with van der Waals surface area (Å²) in [5.41, 5.74) is 1.30. The number of hydrogen-bond acceptors (Lipinski definition) is 4. The van der Waals surface area contributed by atoms with E-state index in [4.69, 9.17) is 4.98 Å². The first-order valence-electron chi connectivity index (χ1n) is 9.34. The lowest BCUT2D eigenvalue weighted by Gasteiger charge is -2.31. The van der Waals surface area contributed by atoms with Gasteiger partial charge in [-0.05, 0) is 12.0 Å². The molecular weight excluding hydrogens is 344 g/mol. The number of aryl methyl sites for hydroxylation is 3. The first-order valence-corrected chi connectivity index (χ1v) is 9.34. The van der Waals surface area contributed by atoms with Crippen molar-refractivity contribution in [1.29, 1.82) is 0 Å². The second-order valence-electron chi connectivity index (χ2n) is 7.23. The average Bonchev–Trinajstić information content (AvgIpc) is 3.06. The molecule has 0 radical (unpaired) electrons. The molecule has 0 amide bonds. The molecule has 2 N–H and O–H groups in total. The maximum atomic E-state index is 12.6. The summed E-state index contributed by atoms with van der Waals surface area (Å²) in [4.78, 5) is 35.4. The molecule has 1 saturated heterocycles. The Morgan fingerprint density at radius 1 is 1.15 bits per heavy atom. The summed E-state index contributed by atoms with van der Waals surface area (Å²) < 4.78 is 3.39. The van der Waals surface area contributed by atoms with E-state index in [1.54, 1.807) is 7.05 Å². The van der Waals surface area contributed by atoms with Crippen LogP contribution in [0.15, 0.2) is 39.9 Å². The van der Waals surface area contributed by atoms with Crippen LogP contribution in [0.3, 0.4) is 0 Å². The van der Waals surface area contributed by atoms with E-state index >= 15 is 0 Å². The van der Waals surface area contributed by atoms with Crippen LogP contribution in [-0.4, -0.2) is 52.3 Å².